The summed E-state index contributed by atoms with van der Waals surface area (Å²) in [6.45, 7) is 0. The van der Waals surface area contributed by atoms with Gasteiger partial charge in [0.25, 0.3) is 0 Å². The summed E-state index contributed by atoms with van der Waals surface area (Å²) in [4.78, 5) is 0. The molecule has 0 fully saturated rings. The van der Waals surface area contributed by atoms with Gasteiger partial charge in [-0.25, -0.2) is 0 Å². The number of benzene rings is 5. The number of halogens is 1. The fourth-order valence-corrected chi connectivity index (χ4v) is 5.83. The Kier molecular flexibility index (Phi) is 6.73. The van der Waals surface area contributed by atoms with Crippen molar-refractivity contribution in [2.24, 2.45) is 0 Å². The minimum atomic E-state index is -0.668. The van der Waals surface area contributed by atoms with Crippen molar-refractivity contribution in [2.45, 2.75) is 0 Å². The highest BCUT2D eigenvalue weighted by Crippen LogP contribution is 2.39. The maximum absolute atomic E-state index is 13.7. The molecule has 2 aromatic heterocycles. The number of hydrogen-bond acceptors (Lipinski definition) is 6. The number of nitriles is 4. The van der Waals surface area contributed by atoms with E-state index in [4.69, 9.17) is 0 Å². The van der Waals surface area contributed by atoms with Gasteiger partial charge in [-0.15, -0.1) is 10.2 Å². The minimum absolute atomic E-state index is 0.388. The molecule has 7 aromatic rings. The van der Waals surface area contributed by atoms with Crippen LogP contribution in [0.3, 0.4) is 0 Å². The molecule has 8 heteroatoms. The first kappa shape index (κ1) is 27.7. The van der Waals surface area contributed by atoms with E-state index in [1.54, 1.807) is 42.5 Å². The van der Waals surface area contributed by atoms with Crippen molar-refractivity contribution in [1.29, 1.82) is 21.0 Å². The van der Waals surface area contributed by atoms with Crippen LogP contribution in [0, 0.1) is 51.3 Å². The summed E-state index contributed by atoms with van der Waals surface area (Å²) in [5, 5.41) is 47.9. The molecule has 2 heterocycles. The summed E-state index contributed by atoms with van der Waals surface area (Å²) in [5.74, 6) is -0.668. The minimum Gasteiger partial charge on any atom is -0.309 e. The second-order valence-electron chi connectivity index (χ2n) is 10.6. The van der Waals surface area contributed by atoms with Crippen LogP contribution in [0.5, 0.6) is 0 Å². The van der Waals surface area contributed by atoms with Crippen LogP contribution >= 0.6 is 0 Å². The van der Waals surface area contributed by atoms with Crippen LogP contribution in [0.25, 0.3) is 61.0 Å². The molecule has 0 bridgehead atoms. The van der Waals surface area contributed by atoms with Crippen molar-refractivity contribution in [3.63, 3.8) is 0 Å². The number of para-hydroxylation sites is 1. The van der Waals surface area contributed by atoms with Crippen molar-refractivity contribution in [3.05, 3.63) is 137 Å². The monoisotopic (exact) mass is 591 g/mol. The van der Waals surface area contributed by atoms with Crippen LogP contribution in [-0.4, -0.2) is 14.8 Å². The van der Waals surface area contributed by atoms with Crippen LogP contribution < -0.4 is 0 Å². The second kappa shape index (κ2) is 11.2. The zero-order chi connectivity index (χ0) is 31.8. The first-order valence-corrected chi connectivity index (χ1v) is 14.1. The zero-order valence-electron chi connectivity index (χ0n) is 23.9. The topological polar surface area (TPSA) is 126 Å². The Balaban J connectivity index is 1.54. The molecule has 0 aliphatic carbocycles. The molecule has 5 aromatic carbocycles. The standard InChI is InChI=1S/C38H18FN7/c39-38-10-7-34(44-45-38)31-3-1-2-4-35(31)46-36-8-5-27(29-13-23(19-40)11-24(14-29)20-41)17-32(36)33-18-28(6-9-37(33)46)30-15-25(21-42)12-26(16-30)22-43/h1-18H. The highest BCUT2D eigenvalue weighted by molar-refractivity contribution is 6.12. The van der Waals surface area contributed by atoms with Crippen LogP contribution in [-0.2, 0) is 0 Å². The quantitative estimate of drug-likeness (QED) is 0.203. The van der Waals surface area contributed by atoms with Gasteiger partial charge in [-0.2, -0.15) is 25.4 Å². The third-order valence-electron chi connectivity index (χ3n) is 7.87. The lowest BCUT2D eigenvalue weighted by molar-refractivity contribution is 0.564. The fourth-order valence-electron chi connectivity index (χ4n) is 5.83. The lowest BCUT2D eigenvalue weighted by atomic mass is 9.97. The van der Waals surface area contributed by atoms with Crippen molar-refractivity contribution in [1.82, 2.24) is 14.8 Å². The molecule has 0 aliphatic rings. The van der Waals surface area contributed by atoms with E-state index >= 15 is 0 Å². The van der Waals surface area contributed by atoms with E-state index in [0.29, 0.717) is 27.9 Å². The number of hydrogen-bond donors (Lipinski definition) is 0. The van der Waals surface area contributed by atoms with Gasteiger partial charge >= 0.3 is 0 Å². The van der Waals surface area contributed by atoms with Crippen molar-refractivity contribution >= 4 is 21.8 Å². The normalized spacial score (nSPS) is 10.6. The molecule has 0 amide bonds. The van der Waals surface area contributed by atoms with Crippen molar-refractivity contribution < 1.29 is 4.39 Å². The van der Waals surface area contributed by atoms with E-state index in [0.717, 1.165) is 55.3 Å². The van der Waals surface area contributed by atoms with E-state index in [9.17, 15) is 25.4 Å². The van der Waals surface area contributed by atoms with Gasteiger partial charge in [-0.05, 0) is 101 Å². The molecule has 0 spiro atoms. The lowest BCUT2D eigenvalue weighted by Gasteiger charge is -2.13. The van der Waals surface area contributed by atoms with Gasteiger partial charge in [0.1, 0.15) is 0 Å². The van der Waals surface area contributed by atoms with Crippen LogP contribution in [0.1, 0.15) is 22.3 Å². The van der Waals surface area contributed by atoms with Crippen LogP contribution in [0.4, 0.5) is 4.39 Å². The molecule has 212 valence electrons. The first-order chi connectivity index (χ1) is 22.5. The number of fused-ring (bicyclic) bond motifs is 3. The largest absolute Gasteiger partial charge is 0.309 e. The number of nitrogens with zero attached hydrogens (tertiary/aromatic N) is 7. The Hall–Kier alpha value is -7.13. The predicted molar refractivity (Wildman–Crippen MR) is 171 cm³/mol. The average Bonchev–Trinajstić information content (AvgIpc) is 3.44. The molecule has 0 atom stereocenters. The molecule has 0 N–H and O–H groups in total. The van der Waals surface area contributed by atoms with Gasteiger partial charge in [-0.1, -0.05) is 30.3 Å². The Morgan fingerprint density at radius 2 is 1.00 bits per heavy atom. The van der Waals surface area contributed by atoms with Crippen molar-refractivity contribution in [3.8, 4) is 63.5 Å². The average molecular weight is 592 g/mol. The molecular formula is C38H18FN7. The Morgan fingerprint density at radius 1 is 0.500 bits per heavy atom. The molecule has 0 saturated carbocycles. The molecule has 46 heavy (non-hydrogen) atoms. The van der Waals surface area contributed by atoms with E-state index in [-0.39, 0.29) is 0 Å². The Morgan fingerprint density at radius 3 is 1.46 bits per heavy atom. The van der Waals surface area contributed by atoms with E-state index in [2.05, 4.69) is 39.0 Å². The Bertz CT molecular complexity index is 2340. The molecule has 0 unspecified atom stereocenters. The Labute approximate surface area is 262 Å². The van der Waals surface area contributed by atoms with Gasteiger partial charge in [0.2, 0.25) is 5.95 Å². The van der Waals surface area contributed by atoms with Gasteiger partial charge in [0.15, 0.2) is 0 Å². The van der Waals surface area contributed by atoms with Crippen LogP contribution in [0.15, 0.2) is 109 Å². The highest BCUT2D eigenvalue weighted by Gasteiger charge is 2.18. The number of aromatic nitrogens is 3. The first-order valence-electron chi connectivity index (χ1n) is 14.1. The van der Waals surface area contributed by atoms with Crippen molar-refractivity contribution in [2.75, 3.05) is 0 Å². The zero-order valence-corrected chi connectivity index (χ0v) is 23.9. The van der Waals surface area contributed by atoms with E-state index in [1.165, 1.54) is 6.07 Å². The SMILES string of the molecule is N#Cc1cc(C#N)cc(-c2ccc3c(c2)c2cc(-c4cc(C#N)cc(C#N)c4)ccc2n3-c2ccccc2-c2ccc(F)nn2)c1. The molecule has 0 radical (unpaired) electrons. The maximum Gasteiger partial charge on any atom is 0.233 e. The van der Waals surface area contributed by atoms with Crippen LogP contribution in [0.2, 0.25) is 0 Å². The molecule has 0 saturated heterocycles. The predicted octanol–water partition coefficient (Wildman–Crippen LogP) is 8.20. The summed E-state index contributed by atoms with van der Waals surface area (Å²) in [6.07, 6.45) is 0. The second-order valence-corrected chi connectivity index (χ2v) is 10.6. The molecule has 7 nitrogen and oxygen atoms in total. The van der Waals surface area contributed by atoms with E-state index in [1.807, 2.05) is 60.7 Å². The van der Waals surface area contributed by atoms with Gasteiger partial charge in [-0.3, -0.25) is 0 Å². The smallest absolute Gasteiger partial charge is 0.233 e. The summed E-state index contributed by atoms with van der Waals surface area (Å²) in [5.41, 5.74) is 8.48. The summed E-state index contributed by atoms with van der Waals surface area (Å²) >= 11 is 0. The van der Waals surface area contributed by atoms with E-state index < -0.39 is 5.95 Å². The maximum atomic E-state index is 13.7. The molecular weight excluding hydrogens is 573 g/mol. The van der Waals surface area contributed by atoms with Gasteiger partial charge < -0.3 is 4.57 Å². The number of rotatable bonds is 4. The third kappa shape index (κ3) is 4.76. The summed E-state index contributed by atoms with van der Waals surface area (Å²) in [6, 6.07) is 41.2. The third-order valence-corrected chi connectivity index (χ3v) is 7.87. The highest BCUT2D eigenvalue weighted by atomic mass is 19.1. The van der Waals surface area contributed by atoms with Gasteiger partial charge in [0, 0.05) is 16.3 Å². The summed E-state index contributed by atoms with van der Waals surface area (Å²) in [7, 11) is 0. The fraction of sp³-hybridized carbons (Fsp3) is 0. The van der Waals surface area contributed by atoms with Gasteiger partial charge in [0.05, 0.1) is 68.9 Å². The lowest BCUT2D eigenvalue weighted by Crippen LogP contribution is -1.99. The molecule has 0 aliphatic heterocycles. The summed E-state index contributed by atoms with van der Waals surface area (Å²) < 4.78 is 15.8. The molecule has 7 rings (SSSR count).